The van der Waals surface area contributed by atoms with Gasteiger partial charge in [-0.05, 0) is 55.2 Å². The minimum atomic E-state index is -1.35. The van der Waals surface area contributed by atoms with Crippen LogP contribution in [0.5, 0.6) is 0 Å². The fourth-order valence-electron chi connectivity index (χ4n) is 5.35. The molecule has 2 fully saturated rings. The molecule has 2 amide bonds. The van der Waals surface area contributed by atoms with Crippen LogP contribution in [0.25, 0.3) is 0 Å². The van der Waals surface area contributed by atoms with E-state index in [1.54, 1.807) is 36.0 Å². The molecule has 2 aromatic rings. The first-order valence-corrected chi connectivity index (χ1v) is 13.2. The number of fused-ring (bicyclic) bond motifs is 1. The molecule has 2 heterocycles. The van der Waals surface area contributed by atoms with Crippen molar-refractivity contribution >= 4 is 46.7 Å². The molecule has 1 N–H and O–H groups in total. The SMILES string of the molecule is COC(=O)[C@]1(CCSC)N[C@H](c2ccc(N(C)C)cc2)[C@H]2C(=O)N(c3cccc(C(C)=O)c3)C(=O)[C@@H]21. The second kappa shape index (κ2) is 10.1. The number of ether oxygens (including phenoxy) is 1. The summed E-state index contributed by atoms with van der Waals surface area (Å²) < 4.78 is 5.21. The molecule has 190 valence electrons. The predicted octanol–water partition coefficient (Wildman–Crippen LogP) is 3.07. The average molecular weight is 510 g/mol. The van der Waals surface area contributed by atoms with Gasteiger partial charge in [-0.2, -0.15) is 11.8 Å². The van der Waals surface area contributed by atoms with Gasteiger partial charge in [0.25, 0.3) is 0 Å². The first-order valence-electron chi connectivity index (χ1n) is 11.8. The molecule has 8 nitrogen and oxygen atoms in total. The number of amides is 2. The number of thioether (sulfide) groups is 1. The van der Waals surface area contributed by atoms with Crippen molar-refractivity contribution in [2.75, 3.05) is 43.0 Å². The maximum atomic E-state index is 14.0. The predicted molar refractivity (Wildman–Crippen MR) is 140 cm³/mol. The van der Waals surface area contributed by atoms with Crippen molar-refractivity contribution in [2.45, 2.75) is 24.9 Å². The van der Waals surface area contributed by atoms with E-state index in [0.29, 0.717) is 23.4 Å². The molecule has 0 bridgehead atoms. The van der Waals surface area contributed by atoms with E-state index in [4.69, 9.17) is 4.74 Å². The number of hydrogen-bond donors (Lipinski definition) is 1. The highest BCUT2D eigenvalue weighted by Crippen LogP contribution is 2.51. The number of ketones is 1. The molecule has 0 saturated carbocycles. The van der Waals surface area contributed by atoms with E-state index in [1.807, 2.05) is 49.5 Å². The highest BCUT2D eigenvalue weighted by molar-refractivity contribution is 7.98. The molecule has 4 atom stereocenters. The summed E-state index contributed by atoms with van der Waals surface area (Å²) in [5.41, 5.74) is 1.18. The second-order valence-corrected chi connectivity index (χ2v) is 10.4. The zero-order valence-corrected chi connectivity index (χ0v) is 21.9. The molecule has 0 spiro atoms. The molecule has 0 radical (unpaired) electrons. The van der Waals surface area contributed by atoms with Gasteiger partial charge in [-0.1, -0.05) is 24.3 Å². The lowest BCUT2D eigenvalue weighted by Crippen LogP contribution is -2.56. The Balaban J connectivity index is 1.84. The molecule has 2 saturated heterocycles. The highest BCUT2D eigenvalue weighted by atomic mass is 32.2. The minimum Gasteiger partial charge on any atom is -0.468 e. The second-order valence-electron chi connectivity index (χ2n) is 9.44. The molecule has 0 unspecified atom stereocenters. The quantitative estimate of drug-likeness (QED) is 0.330. The normalized spacial score (nSPS) is 25.1. The van der Waals surface area contributed by atoms with Crippen LogP contribution in [0.3, 0.4) is 0 Å². The van der Waals surface area contributed by atoms with Crippen LogP contribution in [0.1, 0.15) is 35.3 Å². The zero-order valence-electron chi connectivity index (χ0n) is 21.1. The Morgan fingerprint density at radius 3 is 2.39 bits per heavy atom. The van der Waals surface area contributed by atoms with Gasteiger partial charge in [0.2, 0.25) is 11.8 Å². The topological polar surface area (TPSA) is 96.0 Å². The van der Waals surface area contributed by atoms with E-state index < -0.39 is 41.2 Å². The van der Waals surface area contributed by atoms with Gasteiger partial charge >= 0.3 is 5.97 Å². The van der Waals surface area contributed by atoms with Gasteiger partial charge in [0.05, 0.1) is 24.6 Å². The minimum absolute atomic E-state index is 0.166. The first kappa shape index (κ1) is 25.9. The smallest absolute Gasteiger partial charge is 0.326 e. The standard InChI is InChI=1S/C27H31N3O5S/c1-16(31)18-7-6-8-20(15-18)30-24(32)21-22(25(30)33)27(13-14-36-5,26(34)35-4)28-23(21)17-9-11-19(12-10-17)29(2)3/h6-12,15,21-23,28H,13-14H2,1-5H3/t21-,22+,23+,27+/m0/s1. The van der Waals surface area contributed by atoms with Crippen LogP contribution in [-0.4, -0.2) is 62.3 Å². The molecule has 36 heavy (non-hydrogen) atoms. The maximum Gasteiger partial charge on any atom is 0.326 e. The summed E-state index contributed by atoms with van der Waals surface area (Å²) in [6, 6.07) is 13.6. The van der Waals surface area contributed by atoms with E-state index in [-0.39, 0.29) is 5.78 Å². The number of carbonyl (C=O) groups excluding carboxylic acids is 4. The summed E-state index contributed by atoms with van der Waals surface area (Å²) in [6.07, 6.45) is 2.25. The molecule has 2 aromatic carbocycles. The Morgan fingerprint density at radius 1 is 1.11 bits per heavy atom. The Labute approximate surface area is 215 Å². The van der Waals surface area contributed by atoms with Gasteiger partial charge in [0, 0.05) is 31.4 Å². The number of rotatable bonds is 8. The lowest BCUT2D eigenvalue weighted by molar-refractivity contribution is -0.152. The molecule has 0 aromatic heterocycles. The Bertz CT molecular complexity index is 1200. The van der Waals surface area contributed by atoms with Crippen molar-refractivity contribution < 1.29 is 23.9 Å². The number of methoxy groups -OCH3 is 1. The van der Waals surface area contributed by atoms with Crippen LogP contribution >= 0.6 is 11.8 Å². The van der Waals surface area contributed by atoms with E-state index in [2.05, 4.69) is 5.32 Å². The Hall–Kier alpha value is -3.17. The summed E-state index contributed by atoms with van der Waals surface area (Å²) >= 11 is 1.56. The van der Waals surface area contributed by atoms with Crippen molar-refractivity contribution in [3.63, 3.8) is 0 Å². The van der Waals surface area contributed by atoms with Gasteiger partial charge in [-0.3, -0.25) is 24.5 Å². The number of benzene rings is 2. The fourth-order valence-corrected chi connectivity index (χ4v) is 5.88. The third-order valence-electron chi connectivity index (χ3n) is 7.18. The number of esters is 1. The largest absolute Gasteiger partial charge is 0.468 e. The number of anilines is 2. The monoisotopic (exact) mass is 509 g/mol. The van der Waals surface area contributed by atoms with Crippen LogP contribution in [0.2, 0.25) is 0 Å². The number of Topliss-reactive ketones (excluding diaryl/α,β-unsaturated/α-hetero) is 1. The molecule has 2 aliphatic rings. The lowest BCUT2D eigenvalue weighted by Gasteiger charge is -2.32. The lowest BCUT2D eigenvalue weighted by atomic mass is 9.78. The molecule has 4 rings (SSSR count). The van der Waals surface area contributed by atoms with Crippen molar-refractivity contribution in [1.82, 2.24) is 5.32 Å². The van der Waals surface area contributed by atoms with Gasteiger partial charge in [-0.25, -0.2) is 4.90 Å². The molecular weight excluding hydrogens is 478 g/mol. The molecule has 9 heteroatoms. The first-order chi connectivity index (χ1) is 17.2. The van der Waals surface area contributed by atoms with Crippen LogP contribution in [0.15, 0.2) is 48.5 Å². The van der Waals surface area contributed by atoms with Crippen molar-refractivity contribution in [1.29, 1.82) is 0 Å². The number of nitrogens with zero attached hydrogens (tertiary/aromatic N) is 2. The van der Waals surface area contributed by atoms with Gasteiger partial charge < -0.3 is 9.64 Å². The third-order valence-corrected chi connectivity index (χ3v) is 7.80. The summed E-state index contributed by atoms with van der Waals surface area (Å²) in [6.45, 7) is 1.43. The third kappa shape index (κ3) is 4.20. The average Bonchev–Trinajstić information content (AvgIpc) is 3.36. The van der Waals surface area contributed by atoms with Gasteiger partial charge in [0.15, 0.2) is 5.78 Å². The van der Waals surface area contributed by atoms with E-state index in [9.17, 15) is 19.2 Å². The summed E-state index contributed by atoms with van der Waals surface area (Å²) in [5.74, 6) is -2.72. The van der Waals surface area contributed by atoms with Gasteiger partial charge in [-0.15, -0.1) is 0 Å². The molecular formula is C27H31N3O5S. The van der Waals surface area contributed by atoms with Crippen molar-refractivity contribution in [2.24, 2.45) is 11.8 Å². The number of hydrogen-bond acceptors (Lipinski definition) is 8. The zero-order chi connectivity index (χ0) is 26.2. The van der Waals surface area contributed by atoms with Crippen LogP contribution < -0.4 is 15.1 Å². The summed E-state index contributed by atoms with van der Waals surface area (Å²) in [7, 11) is 5.18. The molecule has 0 aliphatic carbocycles. The maximum absolute atomic E-state index is 14.0. The van der Waals surface area contributed by atoms with Crippen molar-refractivity contribution in [3.05, 3.63) is 59.7 Å². The van der Waals surface area contributed by atoms with E-state index in [0.717, 1.165) is 16.2 Å². The molecule has 2 aliphatic heterocycles. The van der Waals surface area contributed by atoms with Crippen LogP contribution in [0.4, 0.5) is 11.4 Å². The van der Waals surface area contributed by atoms with Crippen molar-refractivity contribution in [3.8, 4) is 0 Å². The van der Waals surface area contributed by atoms with Gasteiger partial charge in [0.1, 0.15) is 5.54 Å². The fraction of sp³-hybridized carbons (Fsp3) is 0.407. The summed E-state index contributed by atoms with van der Waals surface area (Å²) in [5, 5.41) is 3.40. The number of nitrogens with one attached hydrogen (secondary N) is 1. The summed E-state index contributed by atoms with van der Waals surface area (Å²) in [4.78, 5) is 56.3. The van der Waals surface area contributed by atoms with E-state index >= 15 is 0 Å². The van der Waals surface area contributed by atoms with E-state index in [1.165, 1.54) is 14.0 Å². The number of imide groups is 1. The number of carbonyl (C=O) groups is 4. The van der Waals surface area contributed by atoms with Crippen LogP contribution in [0, 0.1) is 11.8 Å². The Kier molecular flexibility index (Phi) is 7.24. The highest BCUT2D eigenvalue weighted by Gasteiger charge is 2.68. The Morgan fingerprint density at radius 2 is 1.81 bits per heavy atom. The van der Waals surface area contributed by atoms with Crippen LogP contribution in [-0.2, 0) is 19.1 Å².